The molecule has 0 saturated carbocycles. The van der Waals surface area contributed by atoms with Crippen LogP contribution in [0.4, 0.5) is 0 Å². The molecule has 1 aromatic heterocycles. The first-order valence-corrected chi connectivity index (χ1v) is 7.20. The average molecular weight is 244 g/mol. The molecule has 16 heavy (non-hydrogen) atoms. The summed E-state index contributed by atoms with van der Waals surface area (Å²) in [6.07, 6.45) is 3.06. The number of hydrogen-bond acceptors (Lipinski definition) is 4. The van der Waals surface area contributed by atoms with Crippen LogP contribution in [0.15, 0.2) is 6.20 Å². The number of aliphatic hydroxyl groups excluding tert-OH is 1. The molecule has 0 aromatic carbocycles. The third-order valence-corrected chi connectivity index (χ3v) is 4.80. The first-order valence-electron chi connectivity index (χ1n) is 5.38. The molecule has 1 aromatic rings. The van der Waals surface area contributed by atoms with Crippen LogP contribution in [0.2, 0.25) is 0 Å². The summed E-state index contributed by atoms with van der Waals surface area (Å²) in [5, 5.41) is 13.4. The number of nitrogens with zero attached hydrogens (tertiary/aromatic N) is 2. The Morgan fingerprint density at radius 1 is 1.50 bits per heavy atom. The predicted octanol–water partition coefficient (Wildman–Crippen LogP) is 0.434. The summed E-state index contributed by atoms with van der Waals surface area (Å²) in [4.78, 5) is 0. The lowest BCUT2D eigenvalue weighted by Gasteiger charge is -2.22. The Balaban J connectivity index is 2.14. The second-order valence-electron chi connectivity index (χ2n) is 4.26. The molecule has 0 amide bonds. The van der Waals surface area contributed by atoms with E-state index in [4.69, 9.17) is 5.11 Å². The Kier molecular flexibility index (Phi) is 3.03. The lowest BCUT2D eigenvalue weighted by Crippen LogP contribution is -2.25. The number of aryl methyl sites for hydroxylation is 1. The summed E-state index contributed by atoms with van der Waals surface area (Å²) in [5.74, 6) is 0.482. The van der Waals surface area contributed by atoms with E-state index in [0.717, 1.165) is 11.3 Å². The van der Waals surface area contributed by atoms with Crippen molar-refractivity contribution in [3.05, 3.63) is 17.5 Å². The van der Waals surface area contributed by atoms with Crippen LogP contribution in [0.5, 0.6) is 0 Å². The van der Waals surface area contributed by atoms with E-state index < -0.39 is 9.84 Å². The molecule has 1 fully saturated rings. The monoisotopic (exact) mass is 244 g/mol. The maximum Gasteiger partial charge on any atom is 0.150 e. The summed E-state index contributed by atoms with van der Waals surface area (Å²) in [7, 11) is -2.82. The molecule has 2 rings (SSSR count). The van der Waals surface area contributed by atoms with Crippen molar-refractivity contribution in [3.8, 4) is 0 Å². The van der Waals surface area contributed by atoms with Gasteiger partial charge in [0.1, 0.15) is 9.84 Å². The molecule has 0 unspecified atom stereocenters. The minimum atomic E-state index is -2.82. The van der Waals surface area contributed by atoms with E-state index in [1.165, 1.54) is 0 Å². The second-order valence-corrected chi connectivity index (χ2v) is 6.56. The van der Waals surface area contributed by atoms with Gasteiger partial charge in [-0.05, 0) is 19.8 Å². The summed E-state index contributed by atoms with van der Waals surface area (Å²) >= 11 is 0. The maximum atomic E-state index is 11.3. The van der Waals surface area contributed by atoms with Gasteiger partial charge in [0.05, 0.1) is 29.8 Å². The fraction of sp³-hybridized carbons (Fsp3) is 0.700. The standard InChI is InChI=1S/C10H16N2O3S/c1-8-9(7-13)6-12(11-8)10-2-4-16(14,15)5-3-10/h6,10,13H,2-5,7H2,1H3. The number of aliphatic hydroxyl groups is 1. The highest BCUT2D eigenvalue weighted by Crippen LogP contribution is 2.24. The molecule has 0 aliphatic carbocycles. The zero-order valence-corrected chi connectivity index (χ0v) is 10.1. The van der Waals surface area contributed by atoms with E-state index in [0.29, 0.717) is 12.8 Å². The number of rotatable bonds is 2. The van der Waals surface area contributed by atoms with Gasteiger partial charge in [0.25, 0.3) is 0 Å². The van der Waals surface area contributed by atoms with Crippen molar-refractivity contribution >= 4 is 9.84 Å². The fourth-order valence-electron chi connectivity index (χ4n) is 2.00. The van der Waals surface area contributed by atoms with Gasteiger partial charge in [-0.1, -0.05) is 0 Å². The van der Waals surface area contributed by atoms with Gasteiger partial charge in [0, 0.05) is 11.8 Å². The normalized spacial score (nSPS) is 21.1. The van der Waals surface area contributed by atoms with Crippen LogP contribution in [0.1, 0.15) is 30.1 Å². The van der Waals surface area contributed by atoms with Gasteiger partial charge < -0.3 is 5.11 Å². The largest absolute Gasteiger partial charge is 0.392 e. The second kappa shape index (κ2) is 4.18. The molecule has 2 heterocycles. The Bertz CT molecular complexity index is 464. The molecule has 5 nitrogen and oxygen atoms in total. The molecule has 0 radical (unpaired) electrons. The maximum absolute atomic E-state index is 11.3. The van der Waals surface area contributed by atoms with Gasteiger partial charge in [0.2, 0.25) is 0 Å². The molecular weight excluding hydrogens is 228 g/mol. The van der Waals surface area contributed by atoms with Crippen molar-refractivity contribution in [1.29, 1.82) is 0 Å². The van der Waals surface area contributed by atoms with Crippen LogP contribution in [0.25, 0.3) is 0 Å². The molecule has 0 spiro atoms. The Morgan fingerprint density at radius 3 is 2.62 bits per heavy atom. The van der Waals surface area contributed by atoms with Crippen molar-refractivity contribution in [2.75, 3.05) is 11.5 Å². The van der Waals surface area contributed by atoms with E-state index in [9.17, 15) is 8.42 Å². The number of hydrogen-bond donors (Lipinski definition) is 1. The lowest BCUT2D eigenvalue weighted by atomic mass is 10.2. The van der Waals surface area contributed by atoms with Crippen LogP contribution < -0.4 is 0 Å². The zero-order chi connectivity index (χ0) is 11.8. The van der Waals surface area contributed by atoms with Gasteiger partial charge in [-0.3, -0.25) is 4.68 Å². The van der Waals surface area contributed by atoms with Crippen LogP contribution in [-0.4, -0.2) is 34.8 Å². The number of sulfone groups is 1. The molecule has 1 aliphatic heterocycles. The van der Waals surface area contributed by atoms with Gasteiger partial charge in [-0.25, -0.2) is 8.42 Å². The Morgan fingerprint density at radius 2 is 2.12 bits per heavy atom. The van der Waals surface area contributed by atoms with Gasteiger partial charge in [0.15, 0.2) is 0 Å². The van der Waals surface area contributed by atoms with Crippen molar-refractivity contribution < 1.29 is 13.5 Å². The van der Waals surface area contributed by atoms with E-state index >= 15 is 0 Å². The topological polar surface area (TPSA) is 72.2 Å². The lowest BCUT2D eigenvalue weighted by molar-refractivity contribution is 0.280. The quantitative estimate of drug-likeness (QED) is 0.819. The summed E-state index contributed by atoms with van der Waals surface area (Å²) in [6.45, 7) is 1.83. The minimum Gasteiger partial charge on any atom is -0.392 e. The van der Waals surface area contributed by atoms with E-state index in [1.54, 1.807) is 4.68 Å². The van der Waals surface area contributed by atoms with Crippen LogP contribution in [-0.2, 0) is 16.4 Å². The molecule has 1 N–H and O–H groups in total. The summed E-state index contributed by atoms with van der Waals surface area (Å²) < 4.78 is 24.4. The van der Waals surface area contributed by atoms with Crippen molar-refractivity contribution in [2.24, 2.45) is 0 Å². The van der Waals surface area contributed by atoms with Crippen LogP contribution in [0.3, 0.4) is 0 Å². The molecular formula is C10H16N2O3S. The molecule has 6 heteroatoms. The fourth-order valence-corrected chi connectivity index (χ4v) is 3.47. The zero-order valence-electron chi connectivity index (χ0n) is 9.26. The number of aromatic nitrogens is 2. The molecule has 90 valence electrons. The Labute approximate surface area is 95.0 Å². The van der Waals surface area contributed by atoms with Gasteiger partial charge in [-0.15, -0.1) is 0 Å². The minimum absolute atomic E-state index is 0.0170. The third kappa shape index (κ3) is 2.27. The average Bonchev–Trinajstić information content (AvgIpc) is 2.59. The van der Waals surface area contributed by atoms with Gasteiger partial charge in [-0.2, -0.15) is 5.10 Å². The van der Waals surface area contributed by atoms with Crippen LogP contribution in [0, 0.1) is 6.92 Å². The first kappa shape index (κ1) is 11.6. The molecule has 0 bridgehead atoms. The highest BCUT2D eigenvalue weighted by Gasteiger charge is 2.25. The highest BCUT2D eigenvalue weighted by atomic mass is 32.2. The van der Waals surface area contributed by atoms with Crippen molar-refractivity contribution in [1.82, 2.24) is 9.78 Å². The third-order valence-electron chi connectivity index (χ3n) is 3.09. The van der Waals surface area contributed by atoms with E-state index in [2.05, 4.69) is 5.10 Å². The first-order chi connectivity index (χ1) is 7.52. The molecule has 0 atom stereocenters. The van der Waals surface area contributed by atoms with Crippen molar-refractivity contribution in [2.45, 2.75) is 32.4 Å². The predicted molar refractivity (Wildman–Crippen MR) is 59.8 cm³/mol. The SMILES string of the molecule is Cc1nn(C2CCS(=O)(=O)CC2)cc1CO. The highest BCUT2D eigenvalue weighted by molar-refractivity contribution is 7.91. The van der Waals surface area contributed by atoms with Crippen molar-refractivity contribution in [3.63, 3.8) is 0 Å². The summed E-state index contributed by atoms with van der Waals surface area (Å²) in [5.41, 5.74) is 1.63. The van der Waals surface area contributed by atoms with Gasteiger partial charge >= 0.3 is 0 Å². The van der Waals surface area contributed by atoms with E-state index in [1.807, 2.05) is 13.1 Å². The van der Waals surface area contributed by atoms with E-state index in [-0.39, 0.29) is 24.2 Å². The molecule has 1 aliphatic rings. The Hall–Kier alpha value is -0.880. The molecule has 1 saturated heterocycles. The van der Waals surface area contributed by atoms with Crippen LogP contribution >= 0.6 is 0 Å². The smallest absolute Gasteiger partial charge is 0.150 e. The summed E-state index contributed by atoms with van der Waals surface area (Å²) in [6, 6.07) is 0.155.